The van der Waals surface area contributed by atoms with Crippen molar-refractivity contribution in [1.29, 1.82) is 0 Å². The molecule has 13 heavy (non-hydrogen) atoms. The van der Waals surface area contributed by atoms with Crippen LogP contribution in [-0.4, -0.2) is 19.9 Å². The summed E-state index contributed by atoms with van der Waals surface area (Å²) in [5, 5.41) is 0. The molecule has 1 aromatic heterocycles. The van der Waals surface area contributed by atoms with Crippen LogP contribution in [0.3, 0.4) is 0 Å². The summed E-state index contributed by atoms with van der Waals surface area (Å²) in [6, 6.07) is 3.62. The standard InChI is InChI=1S/C8H10BNO.C2H6/c1-6(11-2)8-7(9)4-3-5-10-8;1-2/h3-6H,1-2H3;1-2H3/t6-;/m0./s1. The van der Waals surface area contributed by atoms with E-state index in [1.54, 1.807) is 19.4 Å². The van der Waals surface area contributed by atoms with Gasteiger partial charge in [-0.2, -0.15) is 0 Å². The lowest BCUT2D eigenvalue weighted by Crippen LogP contribution is -2.15. The number of hydrogen-bond acceptors (Lipinski definition) is 2. The molecule has 0 aromatic carbocycles. The van der Waals surface area contributed by atoms with Crippen molar-refractivity contribution in [2.24, 2.45) is 0 Å². The highest BCUT2D eigenvalue weighted by atomic mass is 16.5. The summed E-state index contributed by atoms with van der Waals surface area (Å²) in [6.07, 6.45) is 1.68. The molecule has 70 valence electrons. The zero-order chi connectivity index (χ0) is 10.3. The first-order valence-corrected chi connectivity index (χ1v) is 4.49. The maximum atomic E-state index is 5.65. The Morgan fingerprint density at radius 3 is 2.54 bits per heavy atom. The second-order valence-electron chi connectivity index (χ2n) is 2.36. The van der Waals surface area contributed by atoms with Gasteiger partial charge in [-0.25, -0.2) is 0 Å². The zero-order valence-electron chi connectivity index (χ0n) is 8.74. The average Bonchev–Trinajstić information content (AvgIpc) is 2.20. The van der Waals surface area contributed by atoms with E-state index in [9.17, 15) is 0 Å². The van der Waals surface area contributed by atoms with Crippen molar-refractivity contribution in [3.63, 3.8) is 0 Å². The average molecular weight is 177 g/mol. The lowest BCUT2D eigenvalue weighted by Gasteiger charge is -2.10. The molecular weight excluding hydrogens is 161 g/mol. The van der Waals surface area contributed by atoms with Gasteiger partial charge < -0.3 is 4.74 Å². The SMILES string of the molecule is CC.[B]c1cccnc1[C@H](C)OC. The van der Waals surface area contributed by atoms with Crippen LogP contribution >= 0.6 is 0 Å². The molecule has 0 spiro atoms. The van der Waals surface area contributed by atoms with E-state index in [1.165, 1.54) is 0 Å². The van der Waals surface area contributed by atoms with Gasteiger partial charge in [0, 0.05) is 13.3 Å². The van der Waals surface area contributed by atoms with E-state index in [-0.39, 0.29) is 6.10 Å². The Kier molecular flexibility index (Phi) is 6.24. The lowest BCUT2D eigenvalue weighted by molar-refractivity contribution is 0.117. The van der Waals surface area contributed by atoms with Gasteiger partial charge >= 0.3 is 0 Å². The predicted octanol–water partition coefficient (Wildman–Crippen LogP) is 1.61. The van der Waals surface area contributed by atoms with Gasteiger partial charge in [-0.15, -0.1) is 0 Å². The van der Waals surface area contributed by atoms with Gasteiger partial charge in [0.05, 0.1) is 11.8 Å². The number of aromatic nitrogens is 1. The summed E-state index contributed by atoms with van der Waals surface area (Å²) >= 11 is 0. The molecule has 0 aliphatic carbocycles. The van der Waals surface area contributed by atoms with Crippen LogP contribution in [0.1, 0.15) is 32.6 Å². The Morgan fingerprint density at radius 1 is 1.46 bits per heavy atom. The first kappa shape index (κ1) is 12.2. The maximum Gasteiger partial charge on any atom is 0.116 e. The molecule has 0 unspecified atom stereocenters. The second-order valence-corrected chi connectivity index (χ2v) is 2.36. The first-order chi connectivity index (χ1) is 6.25. The molecule has 0 aliphatic heterocycles. The van der Waals surface area contributed by atoms with Crippen LogP contribution in [0.2, 0.25) is 0 Å². The van der Waals surface area contributed by atoms with Crippen molar-refractivity contribution in [1.82, 2.24) is 4.98 Å². The summed E-state index contributed by atoms with van der Waals surface area (Å²) in [5.41, 5.74) is 1.48. The number of ether oxygens (including phenoxy) is 1. The monoisotopic (exact) mass is 177 g/mol. The fourth-order valence-corrected chi connectivity index (χ4v) is 0.881. The molecular formula is C10H16BNO. The van der Waals surface area contributed by atoms with Crippen LogP contribution in [0.15, 0.2) is 18.3 Å². The molecule has 0 amide bonds. The van der Waals surface area contributed by atoms with E-state index in [4.69, 9.17) is 12.6 Å². The van der Waals surface area contributed by atoms with Crippen molar-refractivity contribution in [3.05, 3.63) is 24.0 Å². The molecule has 1 heterocycles. The van der Waals surface area contributed by atoms with Gasteiger partial charge in [-0.1, -0.05) is 25.4 Å². The van der Waals surface area contributed by atoms with Crippen LogP contribution in [-0.2, 0) is 4.74 Å². The predicted molar refractivity (Wildman–Crippen MR) is 56.4 cm³/mol. The highest BCUT2D eigenvalue weighted by Gasteiger charge is 2.05. The van der Waals surface area contributed by atoms with Crippen molar-refractivity contribution in [2.75, 3.05) is 7.11 Å². The van der Waals surface area contributed by atoms with Crippen LogP contribution < -0.4 is 5.46 Å². The largest absolute Gasteiger partial charge is 0.375 e. The van der Waals surface area contributed by atoms with Crippen LogP contribution in [0, 0.1) is 0 Å². The van der Waals surface area contributed by atoms with Gasteiger partial charge in [-0.3, -0.25) is 4.98 Å². The van der Waals surface area contributed by atoms with Crippen molar-refractivity contribution in [2.45, 2.75) is 26.9 Å². The van der Waals surface area contributed by atoms with Gasteiger partial charge in [0.2, 0.25) is 0 Å². The summed E-state index contributed by atoms with van der Waals surface area (Å²) in [7, 11) is 7.29. The molecule has 0 bridgehead atoms. The van der Waals surface area contributed by atoms with Gasteiger partial charge in [-0.05, 0) is 13.0 Å². The molecule has 1 atom stereocenters. The fourth-order valence-electron chi connectivity index (χ4n) is 0.881. The maximum absolute atomic E-state index is 5.65. The Bertz CT molecular complexity index is 240. The van der Waals surface area contributed by atoms with E-state index in [1.807, 2.05) is 26.8 Å². The highest BCUT2D eigenvalue weighted by molar-refractivity contribution is 6.33. The number of nitrogens with zero attached hydrogens (tertiary/aromatic N) is 1. The zero-order valence-corrected chi connectivity index (χ0v) is 8.74. The van der Waals surface area contributed by atoms with Crippen LogP contribution in [0.5, 0.6) is 0 Å². The molecule has 2 nitrogen and oxygen atoms in total. The molecule has 0 aliphatic rings. The first-order valence-electron chi connectivity index (χ1n) is 4.49. The summed E-state index contributed by atoms with van der Waals surface area (Å²) < 4.78 is 5.07. The molecule has 0 saturated carbocycles. The molecule has 2 radical (unpaired) electrons. The van der Waals surface area contributed by atoms with E-state index in [0.29, 0.717) is 5.46 Å². The number of pyridine rings is 1. The van der Waals surface area contributed by atoms with E-state index < -0.39 is 0 Å². The molecule has 1 aromatic rings. The summed E-state index contributed by atoms with van der Waals surface area (Å²) in [6.45, 7) is 5.92. The fraction of sp³-hybridized carbons (Fsp3) is 0.500. The Labute approximate surface area is 81.7 Å². The third kappa shape index (κ3) is 3.60. The molecule has 0 saturated heterocycles. The van der Waals surface area contributed by atoms with E-state index >= 15 is 0 Å². The van der Waals surface area contributed by atoms with Crippen molar-refractivity contribution < 1.29 is 4.74 Å². The third-order valence-corrected chi connectivity index (χ3v) is 1.61. The van der Waals surface area contributed by atoms with Gasteiger partial charge in [0.25, 0.3) is 0 Å². The van der Waals surface area contributed by atoms with E-state index in [0.717, 1.165) is 5.69 Å². The molecule has 0 N–H and O–H groups in total. The Balaban J connectivity index is 0.000000671. The number of rotatable bonds is 2. The van der Waals surface area contributed by atoms with E-state index in [2.05, 4.69) is 4.98 Å². The highest BCUT2D eigenvalue weighted by Crippen LogP contribution is 2.08. The third-order valence-electron chi connectivity index (χ3n) is 1.61. The topological polar surface area (TPSA) is 22.1 Å². The summed E-state index contributed by atoms with van der Waals surface area (Å²) in [5.74, 6) is 0. The van der Waals surface area contributed by atoms with Crippen LogP contribution in [0.25, 0.3) is 0 Å². The minimum Gasteiger partial charge on any atom is -0.375 e. The normalized spacial score (nSPS) is 11.4. The molecule has 3 heteroatoms. The number of hydrogen-bond donors (Lipinski definition) is 0. The Morgan fingerprint density at radius 2 is 2.08 bits per heavy atom. The molecule has 0 fully saturated rings. The Hall–Kier alpha value is -0.825. The minimum atomic E-state index is -0.0313. The second kappa shape index (κ2) is 6.67. The summed E-state index contributed by atoms with van der Waals surface area (Å²) in [4.78, 5) is 4.10. The molecule has 1 rings (SSSR count). The van der Waals surface area contributed by atoms with Crippen molar-refractivity contribution in [3.8, 4) is 0 Å². The quantitative estimate of drug-likeness (QED) is 0.640. The van der Waals surface area contributed by atoms with Crippen LogP contribution in [0.4, 0.5) is 0 Å². The van der Waals surface area contributed by atoms with Gasteiger partial charge in [0.15, 0.2) is 0 Å². The van der Waals surface area contributed by atoms with Gasteiger partial charge in [0.1, 0.15) is 7.85 Å². The smallest absolute Gasteiger partial charge is 0.116 e. The number of methoxy groups -OCH3 is 1. The lowest BCUT2D eigenvalue weighted by atomic mass is 9.92. The van der Waals surface area contributed by atoms with Crippen molar-refractivity contribution >= 4 is 13.3 Å². The minimum absolute atomic E-state index is 0.0313.